The van der Waals surface area contributed by atoms with Crippen LogP contribution in [-0.4, -0.2) is 33.8 Å². The second-order valence-corrected chi connectivity index (χ2v) is 6.32. The predicted molar refractivity (Wildman–Crippen MR) is 86.8 cm³/mol. The molecule has 24 heavy (non-hydrogen) atoms. The van der Waals surface area contributed by atoms with Gasteiger partial charge in [-0.1, -0.05) is 6.92 Å². The van der Waals surface area contributed by atoms with Crippen molar-refractivity contribution >= 4 is 34.7 Å². The number of fused-ring (bicyclic) bond motifs is 1. The van der Waals surface area contributed by atoms with Crippen molar-refractivity contribution < 1.29 is 24.0 Å². The molecule has 0 saturated carbocycles. The van der Waals surface area contributed by atoms with E-state index in [4.69, 9.17) is 9.47 Å². The number of ether oxygens (including phenoxy) is 2. The van der Waals surface area contributed by atoms with Crippen LogP contribution in [0, 0.1) is 10.1 Å². The Balaban J connectivity index is 2.01. The highest BCUT2D eigenvalue weighted by Crippen LogP contribution is 2.41. The smallest absolute Gasteiger partial charge is 0.293 e. The second-order valence-electron chi connectivity index (χ2n) is 5.33. The summed E-state index contributed by atoms with van der Waals surface area (Å²) in [6.07, 6.45) is 1.99. The summed E-state index contributed by atoms with van der Waals surface area (Å²) in [7, 11) is 0. The van der Waals surface area contributed by atoms with Gasteiger partial charge in [-0.05, 0) is 37.2 Å². The average Bonchev–Trinajstić information content (AvgIpc) is 3.10. The molecule has 1 aromatic rings. The highest BCUT2D eigenvalue weighted by molar-refractivity contribution is 8.18. The molecular weight excluding hydrogens is 336 g/mol. The lowest BCUT2D eigenvalue weighted by atomic mass is 10.1. The molecule has 0 spiro atoms. The Hall–Kier alpha value is -2.55. The number of rotatable bonds is 4. The van der Waals surface area contributed by atoms with Gasteiger partial charge in [-0.3, -0.25) is 24.6 Å². The molecule has 0 aliphatic carbocycles. The van der Waals surface area contributed by atoms with E-state index >= 15 is 0 Å². The normalized spacial score (nSPS) is 19.2. The summed E-state index contributed by atoms with van der Waals surface area (Å²) >= 11 is 0.778. The molecule has 1 fully saturated rings. The number of nitro benzene ring substituents is 1. The largest absolute Gasteiger partial charge is 0.454 e. The van der Waals surface area contributed by atoms with Gasteiger partial charge in [0.25, 0.3) is 16.8 Å². The highest BCUT2D eigenvalue weighted by Gasteiger charge is 2.38. The van der Waals surface area contributed by atoms with E-state index in [1.807, 2.05) is 6.92 Å². The van der Waals surface area contributed by atoms with Gasteiger partial charge in [0.2, 0.25) is 6.79 Å². The number of nitro groups is 1. The Bertz CT molecular complexity index is 775. The van der Waals surface area contributed by atoms with E-state index in [-0.39, 0.29) is 40.0 Å². The topological polar surface area (TPSA) is 99.0 Å². The van der Waals surface area contributed by atoms with Crippen molar-refractivity contribution in [3.63, 3.8) is 0 Å². The summed E-state index contributed by atoms with van der Waals surface area (Å²) in [5.41, 5.74) is -0.0199. The molecule has 126 valence electrons. The summed E-state index contributed by atoms with van der Waals surface area (Å²) in [5.74, 6) is 0.214. The van der Waals surface area contributed by atoms with E-state index in [9.17, 15) is 19.7 Å². The van der Waals surface area contributed by atoms with Crippen molar-refractivity contribution in [3.8, 4) is 11.5 Å². The minimum absolute atomic E-state index is 0.0134. The van der Waals surface area contributed by atoms with Gasteiger partial charge in [0, 0.05) is 6.04 Å². The van der Waals surface area contributed by atoms with Crippen LogP contribution >= 0.6 is 11.8 Å². The number of amides is 2. The van der Waals surface area contributed by atoms with Crippen LogP contribution in [0.3, 0.4) is 0 Å². The fraction of sp³-hybridized carbons (Fsp3) is 0.333. The first-order valence-corrected chi connectivity index (χ1v) is 8.09. The molecule has 0 radical (unpaired) electrons. The van der Waals surface area contributed by atoms with Crippen LogP contribution in [0.2, 0.25) is 0 Å². The Kier molecular flexibility index (Phi) is 4.18. The van der Waals surface area contributed by atoms with Crippen molar-refractivity contribution in [1.82, 2.24) is 4.90 Å². The molecular formula is C15H14N2O6S. The number of hydrogen-bond donors (Lipinski definition) is 0. The van der Waals surface area contributed by atoms with Crippen LogP contribution in [0.25, 0.3) is 6.08 Å². The lowest BCUT2D eigenvalue weighted by Gasteiger charge is -2.19. The Morgan fingerprint density at radius 1 is 1.38 bits per heavy atom. The molecule has 2 heterocycles. The molecule has 2 amide bonds. The van der Waals surface area contributed by atoms with Crippen molar-refractivity contribution in [2.24, 2.45) is 0 Å². The molecule has 1 aromatic carbocycles. The average molecular weight is 350 g/mol. The number of thioether (sulfide) groups is 1. The zero-order valence-corrected chi connectivity index (χ0v) is 13.8. The third kappa shape index (κ3) is 2.71. The molecule has 0 unspecified atom stereocenters. The fourth-order valence-electron chi connectivity index (χ4n) is 2.40. The highest BCUT2D eigenvalue weighted by atomic mass is 32.2. The maximum Gasteiger partial charge on any atom is 0.293 e. The van der Waals surface area contributed by atoms with Crippen molar-refractivity contribution in [1.29, 1.82) is 0 Å². The summed E-state index contributed by atoms with van der Waals surface area (Å²) < 4.78 is 10.4. The maximum atomic E-state index is 12.4. The minimum Gasteiger partial charge on any atom is -0.454 e. The molecule has 0 N–H and O–H groups in total. The van der Waals surface area contributed by atoms with Gasteiger partial charge in [0.1, 0.15) is 0 Å². The van der Waals surface area contributed by atoms with Crippen molar-refractivity contribution in [3.05, 3.63) is 32.7 Å². The van der Waals surface area contributed by atoms with Gasteiger partial charge < -0.3 is 9.47 Å². The quantitative estimate of drug-likeness (QED) is 0.467. The zero-order chi connectivity index (χ0) is 17.4. The first-order chi connectivity index (χ1) is 11.4. The van der Waals surface area contributed by atoms with Gasteiger partial charge in [0.05, 0.1) is 21.5 Å². The SMILES string of the molecule is CC[C@H](C)N1C(=O)S/C(=C\c2cc3c(cc2[N+](=O)[O-])OCO3)C1=O. The van der Waals surface area contributed by atoms with Gasteiger partial charge >= 0.3 is 0 Å². The summed E-state index contributed by atoms with van der Waals surface area (Å²) in [6, 6.07) is 2.47. The summed E-state index contributed by atoms with van der Waals surface area (Å²) in [6.45, 7) is 3.64. The molecule has 1 saturated heterocycles. The lowest BCUT2D eigenvalue weighted by Crippen LogP contribution is -2.36. The molecule has 0 aromatic heterocycles. The van der Waals surface area contributed by atoms with Gasteiger partial charge in [-0.2, -0.15) is 0 Å². The number of hydrogen-bond acceptors (Lipinski definition) is 7. The van der Waals surface area contributed by atoms with Crippen LogP contribution in [0.5, 0.6) is 11.5 Å². The maximum absolute atomic E-state index is 12.4. The summed E-state index contributed by atoms with van der Waals surface area (Å²) in [4.78, 5) is 36.5. The Labute approximate surface area is 141 Å². The van der Waals surface area contributed by atoms with Crippen LogP contribution in [0.15, 0.2) is 17.0 Å². The molecule has 0 bridgehead atoms. The van der Waals surface area contributed by atoms with E-state index in [1.54, 1.807) is 6.92 Å². The molecule has 8 nitrogen and oxygen atoms in total. The Morgan fingerprint density at radius 2 is 2.04 bits per heavy atom. The lowest BCUT2D eigenvalue weighted by molar-refractivity contribution is -0.385. The monoisotopic (exact) mass is 350 g/mol. The number of benzene rings is 1. The third-order valence-electron chi connectivity index (χ3n) is 3.86. The van der Waals surface area contributed by atoms with E-state index in [2.05, 4.69) is 0 Å². The molecule has 2 aliphatic heterocycles. The number of carbonyl (C=O) groups is 2. The predicted octanol–water partition coefficient (Wildman–Crippen LogP) is 3.16. The minimum atomic E-state index is -0.563. The van der Waals surface area contributed by atoms with E-state index in [0.29, 0.717) is 12.2 Å². The van der Waals surface area contributed by atoms with Gasteiger partial charge in [-0.25, -0.2) is 0 Å². The fourth-order valence-corrected chi connectivity index (χ4v) is 3.33. The van der Waals surface area contributed by atoms with Crippen LogP contribution in [-0.2, 0) is 4.79 Å². The van der Waals surface area contributed by atoms with E-state index < -0.39 is 10.8 Å². The zero-order valence-electron chi connectivity index (χ0n) is 13.0. The standard InChI is InChI=1S/C15H14N2O6S/c1-3-8(2)16-14(18)13(24-15(16)19)5-9-4-11-12(23-7-22-11)6-10(9)17(20)21/h4-6,8H,3,7H2,1-2H3/b13-5-/t8-/m0/s1. The number of nitrogens with zero attached hydrogens (tertiary/aromatic N) is 2. The molecule has 3 rings (SSSR count). The van der Waals surface area contributed by atoms with Crippen LogP contribution < -0.4 is 9.47 Å². The Morgan fingerprint density at radius 3 is 2.67 bits per heavy atom. The van der Waals surface area contributed by atoms with Crippen LogP contribution in [0.1, 0.15) is 25.8 Å². The van der Waals surface area contributed by atoms with Crippen molar-refractivity contribution in [2.45, 2.75) is 26.3 Å². The molecule has 2 aliphatic rings. The molecule has 9 heteroatoms. The van der Waals surface area contributed by atoms with Gasteiger partial charge in [0.15, 0.2) is 11.5 Å². The molecule has 1 atom stereocenters. The van der Waals surface area contributed by atoms with E-state index in [0.717, 1.165) is 11.8 Å². The first kappa shape index (κ1) is 16.3. The van der Waals surface area contributed by atoms with Gasteiger partial charge in [-0.15, -0.1) is 0 Å². The second kappa shape index (κ2) is 6.16. The van der Waals surface area contributed by atoms with E-state index in [1.165, 1.54) is 23.1 Å². The van der Waals surface area contributed by atoms with Crippen molar-refractivity contribution in [2.75, 3.05) is 6.79 Å². The van der Waals surface area contributed by atoms with Crippen LogP contribution in [0.4, 0.5) is 10.5 Å². The first-order valence-electron chi connectivity index (χ1n) is 7.27. The summed E-state index contributed by atoms with van der Waals surface area (Å²) in [5, 5.41) is 10.9. The number of imide groups is 1. The third-order valence-corrected chi connectivity index (χ3v) is 4.74. The number of carbonyl (C=O) groups excluding carboxylic acids is 2.